The van der Waals surface area contributed by atoms with E-state index in [1.54, 1.807) is 16.9 Å². The van der Waals surface area contributed by atoms with Crippen molar-refractivity contribution in [1.29, 1.82) is 0 Å². The van der Waals surface area contributed by atoms with Crippen molar-refractivity contribution in [1.82, 2.24) is 24.5 Å². The normalized spacial score (nSPS) is 14.0. The van der Waals surface area contributed by atoms with Gasteiger partial charge in [-0.05, 0) is 37.5 Å². The fourth-order valence-electron chi connectivity index (χ4n) is 3.95. The van der Waals surface area contributed by atoms with Crippen molar-refractivity contribution in [2.75, 3.05) is 5.32 Å². The van der Waals surface area contributed by atoms with Crippen LogP contribution in [0.4, 0.5) is 18.9 Å². The molecular formula is C23H20ClF3N6O. The highest BCUT2D eigenvalue weighted by atomic mass is 35.5. The molecule has 1 amide bonds. The minimum absolute atomic E-state index is 0.0203. The van der Waals surface area contributed by atoms with Gasteiger partial charge in [0.05, 0.1) is 35.1 Å². The second-order valence-corrected chi connectivity index (χ2v) is 8.78. The lowest BCUT2D eigenvalue weighted by molar-refractivity contribution is -0.136. The van der Waals surface area contributed by atoms with Crippen LogP contribution in [-0.4, -0.2) is 30.5 Å². The smallest absolute Gasteiger partial charge is 0.322 e. The highest BCUT2D eigenvalue weighted by Crippen LogP contribution is 2.43. The molecule has 1 aliphatic rings. The Morgan fingerprint density at radius 1 is 1.26 bits per heavy atom. The molecule has 0 spiro atoms. The predicted molar refractivity (Wildman–Crippen MR) is 121 cm³/mol. The van der Waals surface area contributed by atoms with Crippen LogP contribution in [0, 0.1) is 6.92 Å². The van der Waals surface area contributed by atoms with Crippen molar-refractivity contribution in [3.63, 3.8) is 0 Å². The lowest BCUT2D eigenvalue weighted by Gasteiger charge is -2.11. The van der Waals surface area contributed by atoms with E-state index in [9.17, 15) is 18.0 Å². The summed E-state index contributed by atoms with van der Waals surface area (Å²) >= 11 is 6.18. The summed E-state index contributed by atoms with van der Waals surface area (Å²) in [5.74, 6) is -0.430. The zero-order valence-corrected chi connectivity index (χ0v) is 18.9. The van der Waals surface area contributed by atoms with Crippen molar-refractivity contribution >= 4 is 34.2 Å². The van der Waals surface area contributed by atoms with Crippen LogP contribution >= 0.6 is 11.6 Å². The lowest BCUT2D eigenvalue weighted by Crippen LogP contribution is -2.20. The fourth-order valence-corrected chi connectivity index (χ4v) is 4.14. The average Bonchev–Trinajstić information content (AvgIpc) is 3.47. The van der Waals surface area contributed by atoms with Crippen molar-refractivity contribution in [3.05, 3.63) is 70.3 Å². The number of anilines is 1. The number of aromatic nitrogens is 5. The molecular weight excluding hydrogens is 469 g/mol. The first-order valence-electron chi connectivity index (χ1n) is 10.7. The van der Waals surface area contributed by atoms with Gasteiger partial charge in [0.25, 0.3) is 0 Å². The summed E-state index contributed by atoms with van der Waals surface area (Å²) in [6.45, 7) is 1.63. The summed E-state index contributed by atoms with van der Waals surface area (Å²) in [4.78, 5) is 17.1. The van der Waals surface area contributed by atoms with Crippen LogP contribution in [0.3, 0.4) is 0 Å². The van der Waals surface area contributed by atoms with Gasteiger partial charge < -0.3 is 5.32 Å². The summed E-state index contributed by atoms with van der Waals surface area (Å²) in [5.41, 5.74) is 1.21. The second-order valence-electron chi connectivity index (χ2n) is 8.37. The molecule has 4 aromatic rings. The van der Waals surface area contributed by atoms with E-state index in [1.807, 2.05) is 18.2 Å². The molecule has 34 heavy (non-hydrogen) atoms. The van der Waals surface area contributed by atoms with Crippen molar-refractivity contribution in [2.45, 2.75) is 44.9 Å². The van der Waals surface area contributed by atoms with Gasteiger partial charge in [0, 0.05) is 22.8 Å². The Hall–Kier alpha value is -3.40. The van der Waals surface area contributed by atoms with Crippen LogP contribution in [0.1, 0.15) is 41.3 Å². The second kappa shape index (κ2) is 8.43. The van der Waals surface area contributed by atoms with E-state index in [1.165, 1.54) is 17.8 Å². The van der Waals surface area contributed by atoms with Crippen LogP contribution in [0.2, 0.25) is 5.02 Å². The van der Waals surface area contributed by atoms with Crippen molar-refractivity contribution in [2.24, 2.45) is 0 Å². The summed E-state index contributed by atoms with van der Waals surface area (Å²) < 4.78 is 44.1. The maximum Gasteiger partial charge on any atom is 0.417 e. The largest absolute Gasteiger partial charge is 0.417 e. The summed E-state index contributed by atoms with van der Waals surface area (Å²) in [7, 11) is 0. The number of fused-ring (bicyclic) bond motifs is 1. The number of carbonyl (C=O) groups is 1. The number of hydrogen-bond donors (Lipinski definition) is 1. The molecule has 1 aromatic carbocycles. The molecule has 0 radical (unpaired) electrons. The summed E-state index contributed by atoms with van der Waals surface area (Å²) in [6.07, 6.45) is 0.219. The van der Waals surface area contributed by atoms with Crippen LogP contribution in [0.15, 0.2) is 42.7 Å². The molecule has 1 saturated carbocycles. The first kappa shape index (κ1) is 22.4. The monoisotopic (exact) mass is 488 g/mol. The Morgan fingerprint density at radius 2 is 2.03 bits per heavy atom. The van der Waals surface area contributed by atoms with E-state index >= 15 is 0 Å². The maximum absolute atomic E-state index is 13.7. The standard InChI is InChI=1S/C23H20ClF3N6O/c1-13-21-17(23(25,26)27)8-19(14-6-7-14)30-22(21)33(31-13)12-20(34)29-16-9-28-32(11-16)10-15-4-2-3-5-18(15)24/h2-5,8-9,11,14H,6-7,10,12H2,1H3,(H,29,34). The molecule has 1 fully saturated rings. The van der Waals surface area contributed by atoms with E-state index in [-0.39, 0.29) is 29.2 Å². The molecule has 0 aliphatic heterocycles. The van der Waals surface area contributed by atoms with Crippen LogP contribution < -0.4 is 5.32 Å². The quantitative estimate of drug-likeness (QED) is 0.406. The number of amides is 1. The zero-order chi connectivity index (χ0) is 24.0. The molecule has 0 saturated heterocycles. The number of halogens is 4. The van der Waals surface area contributed by atoms with Crippen molar-refractivity contribution in [3.8, 4) is 0 Å². The van der Waals surface area contributed by atoms with Crippen LogP contribution in [0.5, 0.6) is 0 Å². The van der Waals surface area contributed by atoms with E-state index < -0.39 is 17.6 Å². The van der Waals surface area contributed by atoms with Gasteiger partial charge in [0.1, 0.15) is 6.54 Å². The minimum atomic E-state index is -4.54. The van der Waals surface area contributed by atoms with Gasteiger partial charge in [-0.2, -0.15) is 23.4 Å². The molecule has 1 aliphatic carbocycles. The Kier molecular flexibility index (Phi) is 5.55. The van der Waals surface area contributed by atoms with Gasteiger partial charge in [-0.1, -0.05) is 29.8 Å². The first-order valence-corrected chi connectivity index (χ1v) is 11.1. The van der Waals surface area contributed by atoms with Gasteiger partial charge >= 0.3 is 6.18 Å². The summed E-state index contributed by atoms with van der Waals surface area (Å²) in [5, 5.41) is 11.7. The number of nitrogens with zero attached hydrogens (tertiary/aromatic N) is 5. The third-order valence-electron chi connectivity index (χ3n) is 5.70. The molecule has 11 heteroatoms. The highest BCUT2D eigenvalue weighted by Gasteiger charge is 2.37. The molecule has 1 N–H and O–H groups in total. The zero-order valence-electron chi connectivity index (χ0n) is 18.1. The number of nitrogens with one attached hydrogen (secondary N) is 1. The minimum Gasteiger partial charge on any atom is -0.322 e. The van der Waals surface area contributed by atoms with E-state index in [0.717, 1.165) is 24.5 Å². The van der Waals surface area contributed by atoms with Gasteiger partial charge in [0.2, 0.25) is 5.91 Å². The number of alkyl halides is 3. The summed E-state index contributed by atoms with van der Waals surface area (Å²) in [6, 6.07) is 8.49. The number of carbonyl (C=O) groups excluding carboxylic acids is 1. The van der Waals surface area contributed by atoms with Crippen LogP contribution in [0.25, 0.3) is 11.0 Å². The number of aryl methyl sites for hydroxylation is 1. The molecule has 3 aromatic heterocycles. The molecule has 5 rings (SSSR count). The molecule has 0 unspecified atom stereocenters. The first-order chi connectivity index (χ1) is 16.2. The fraction of sp³-hybridized carbons (Fsp3) is 0.304. The Bertz CT molecular complexity index is 1390. The number of benzene rings is 1. The Morgan fingerprint density at radius 3 is 2.74 bits per heavy atom. The van der Waals surface area contributed by atoms with E-state index in [0.29, 0.717) is 22.9 Å². The van der Waals surface area contributed by atoms with Crippen molar-refractivity contribution < 1.29 is 18.0 Å². The number of pyridine rings is 1. The maximum atomic E-state index is 13.7. The molecule has 0 bridgehead atoms. The van der Waals surface area contributed by atoms with Crippen LogP contribution in [-0.2, 0) is 24.1 Å². The average molecular weight is 489 g/mol. The molecule has 7 nitrogen and oxygen atoms in total. The SMILES string of the molecule is Cc1nn(CC(=O)Nc2cnn(Cc3ccccc3Cl)c2)c2nc(C3CC3)cc(C(F)(F)F)c12. The lowest BCUT2D eigenvalue weighted by atomic mass is 10.1. The topological polar surface area (TPSA) is 77.6 Å². The van der Waals surface area contributed by atoms with Gasteiger partial charge in [-0.15, -0.1) is 0 Å². The predicted octanol–water partition coefficient (Wildman–Crippen LogP) is 5.17. The van der Waals surface area contributed by atoms with E-state index in [2.05, 4.69) is 20.5 Å². The van der Waals surface area contributed by atoms with E-state index in [4.69, 9.17) is 11.6 Å². The number of rotatable bonds is 6. The highest BCUT2D eigenvalue weighted by molar-refractivity contribution is 6.31. The van der Waals surface area contributed by atoms with Gasteiger partial charge in [0.15, 0.2) is 5.65 Å². The Balaban J connectivity index is 1.37. The number of hydrogen-bond acceptors (Lipinski definition) is 4. The molecule has 3 heterocycles. The Labute approximate surface area is 197 Å². The third kappa shape index (κ3) is 4.50. The molecule has 0 atom stereocenters. The third-order valence-corrected chi connectivity index (χ3v) is 6.07. The molecule has 176 valence electrons. The van der Waals surface area contributed by atoms with Gasteiger partial charge in [-0.25, -0.2) is 9.67 Å². The van der Waals surface area contributed by atoms with Gasteiger partial charge in [-0.3, -0.25) is 9.48 Å².